The van der Waals surface area contributed by atoms with E-state index in [0.717, 1.165) is 17.8 Å². The fourth-order valence-electron chi connectivity index (χ4n) is 2.76. The molecule has 1 unspecified atom stereocenters. The van der Waals surface area contributed by atoms with Crippen LogP contribution in [0.15, 0.2) is 12.4 Å². The van der Waals surface area contributed by atoms with Gasteiger partial charge in [0, 0.05) is 25.0 Å². The first kappa shape index (κ1) is 13.4. The van der Waals surface area contributed by atoms with E-state index in [1.165, 1.54) is 0 Å². The first-order chi connectivity index (χ1) is 10.1. The molecule has 2 aromatic heterocycles. The number of rotatable bonds is 2. The summed E-state index contributed by atoms with van der Waals surface area (Å²) in [7, 11) is 0. The van der Waals surface area contributed by atoms with E-state index in [-0.39, 0.29) is 11.9 Å². The Labute approximate surface area is 122 Å². The van der Waals surface area contributed by atoms with Crippen LogP contribution in [0.2, 0.25) is 0 Å². The van der Waals surface area contributed by atoms with Gasteiger partial charge in [0.2, 0.25) is 0 Å². The lowest BCUT2D eigenvalue weighted by atomic mass is 10.2. The van der Waals surface area contributed by atoms with Gasteiger partial charge in [0.15, 0.2) is 0 Å². The van der Waals surface area contributed by atoms with Crippen molar-refractivity contribution in [1.82, 2.24) is 24.9 Å². The molecular formula is C14H16N6O. The largest absolute Gasteiger partial charge is 0.336 e. The predicted molar refractivity (Wildman–Crippen MR) is 74.6 cm³/mol. The van der Waals surface area contributed by atoms with Crippen LogP contribution >= 0.6 is 0 Å². The summed E-state index contributed by atoms with van der Waals surface area (Å²) in [6.45, 7) is 4.98. The minimum atomic E-state index is 0.00825. The van der Waals surface area contributed by atoms with Crippen LogP contribution in [-0.2, 0) is 0 Å². The SMILES string of the molecule is Cc1n[nH]c(C)c1C(=O)N1CCC(n2cc(C#N)cn2)C1. The minimum Gasteiger partial charge on any atom is -0.336 e. The molecular weight excluding hydrogens is 268 g/mol. The van der Waals surface area contributed by atoms with E-state index < -0.39 is 0 Å². The lowest BCUT2D eigenvalue weighted by Gasteiger charge is -2.16. The lowest BCUT2D eigenvalue weighted by molar-refractivity contribution is 0.0785. The second-order valence-electron chi connectivity index (χ2n) is 5.32. The smallest absolute Gasteiger partial charge is 0.257 e. The molecule has 1 saturated heterocycles. The average Bonchev–Trinajstić information content (AvgIpc) is 3.17. The van der Waals surface area contributed by atoms with E-state index in [2.05, 4.69) is 21.4 Å². The molecule has 0 bridgehead atoms. The fourth-order valence-corrected chi connectivity index (χ4v) is 2.76. The maximum atomic E-state index is 12.6. The highest BCUT2D eigenvalue weighted by Crippen LogP contribution is 2.24. The summed E-state index contributed by atoms with van der Waals surface area (Å²) in [5.74, 6) is 0.00825. The molecule has 3 heterocycles. The van der Waals surface area contributed by atoms with Gasteiger partial charge in [0.05, 0.1) is 29.1 Å². The molecule has 2 aromatic rings. The van der Waals surface area contributed by atoms with Gasteiger partial charge in [-0.2, -0.15) is 15.5 Å². The predicted octanol–water partition coefficient (Wildman–Crippen LogP) is 1.18. The van der Waals surface area contributed by atoms with Crippen LogP contribution < -0.4 is 0 Å². The van der Waals surface area contributed by atoms with Crippen LogP contribution in [0.4, 0.5) is 0 Å². The van der Waals surface area contributed by atoms with E-state index >= 15 is 0 Å². The molecule has 3 rings (SSSR count). The van der Waals surface area contributed by atoms with Gasteiger partial charge in [-0.15, -0.1) is 0 Å². The van der Waals surface area contributed by atoms with E-state index in [1.807, 2.05) is 18.7 Å². The summed E-state index contributed by atoms with van der Waals surface area (Å²) < 4.78 is 1.78. The zero-order valence-electron chi connectivity index (χ0n) is 12.0. The molecule has 7 heteroatoms. The number of likely N-dealkylation sites (tertiary alicyclic amines) is 1. The van der Waals surface area contributed by atoms with Crippen molar-refractivity contribution in [3.63, 3.8) is 0 Å². The summed E-state index contributed by atoms with van der Waals surface area (Å²) in [6, 6.07) is 2.19. The molecule has 0 spiro atoms. The van der Waals surface area contributed by atoms with Crippen molar-refractivity contribution in [2.45, 2.75) is 26.3 Å². The van der Waals surface area contributed by atoms with E-state index in [0.29, 0.717) is 24.2 Å². The topological polar surface area (TPSA) is 90.6 Å². The molecule has 1 atom stereocenters. The van der Waals surface area contributed by atoms with Crippen LogP contribution in [0.3, 0.4) is 0 Å². The second-order valence-corrected chi connectivity index (χ2v) is 5.32. The highest BCUT2D eigenvalue weighted by atomic mass is 16.2. The first-order valence-corrected chi connectivity index (χ1v) is 6.85. The van der Waals surface area contributed by atoms with Gasteiger partial charge in [-0.05, 0) is 20.3 Å². The zero-order valence-corrected chi connectivity index (χ0v) is 12.0. The molecule has 1 fully saturated rings. The molecule has 0 aromatic carbocycles. The molecule has 1 aliphatic rings. The Kier molecular flexibility index (Phi) is 3.22. The number of nitrogens with one attached hydrogen (secondary N) is 1. The average molecular weight is 284 g/mol. The summed E-state index contributed by atoms with van der Waals surface area (Å²) in [5, 5.41) is 20.0. The molecule has 21 heavy (non-hydrogen) atoms. The van der Waals surface area contributed by atoms with Crippen LogP contribution in [0.5, 0.6) is 0 Å². The number of nitrogens with zero attached hydrogens (tertiary/aromatic N) is 5. The van der Waals surface area contributed by atoms with Crippen molar-refractivity contribution in [3.05, 3.63) is 34.9 Å². The Morgan fingerprint density at radius 2 is 2.33 bits per heavy atom. The molecule has 1 amide bonds. The molecule has 1 N–H and O–H groups in total. The van der Waals surface area contributed by atoms with E-state index in [9.17, 15) is 4.79 Å². The van der Waals surface area contributed by atoms with Gasteiger partial charge in [-0.3, -0.25) is 14.6 Å². The van der Waals surface area contributed by atoms with Gasteiger partial charge in [-0.25, -0.2) is 0 Å². The number of carbonyl (C=O) groups excluding carboxylic acids is 1. The Bertz CT molecular complexity index is 703. The molecule has 7 nitrogen and oxygen atoms in total. The fraction of sp³-hybridized carbons (Fsp3) is 0.429. The maximum absolute atomic E-state index is 12.6. The van der Waals surface area contributed by atoms with Crippen LogP contribution in [0.1, 0.15) is 39.8 Å². The van der Waals surface area contributed by atoms with Crippen molar-refractivity contribution in [2.24, 2.45) is 0 Å². The number of H-pyrrole nitrogens is 1. The van der Waals surface area contributed by atoms with Crippen molar-refractivity contribution in [2.75, 3.05) is 13.1 Å². The van der Waals surface area contributed by atoms with Gasteiger partial charge >= 0.3 is 0 Å². The first-order valence-electron chi connectivity index (χ1n) is 6.85. The Hall–Kier alpha value is -2.62. The maximum Gasteiger partial charge on any atom is 0.257 e. The number of aromatic nitrogens is 4. The van der Waals surface area contributed by atoms with Crippen LogP contribution in [0.25, 0.3) is 0 Å². The van der Waals surface area contributed by atoms with E-state index in [1.54, 1.807) is 17.1 Å². The second kappa shape index (κ2) is 5.05. The quantitative estimate of drug-likeness (QED) is 0.896. The molecule has 0 radical (unpaired) electrons. The van der Waals surface area contributed by atoms with Gasteiger partial charge in [0.1, 0.15) is 6.07 Å². The van der Waals surface area contributed by atoms with Gasteiger partial charge in [0.25, 0.3) is 5.91 Å². The van der Waals surface area contributed by atoms with Crippen LogP contribution in [-0.4, -0.2) is 43.9 Å². The van der Waals surface area contributed by atoms with Crippen molar-refractivity contribution < 1.29 is 4.79 Å². The summed E-state index contributed by atoms with van der Waals surface area (Å²) in [5.41, 5.74) is 2.73. The summed E-state index contributed by atoms with van der Waals surface area (Å²) in [4.78, 5) is 14.4. The number of nitriles is 1. The Balaban J connectivity index is 1.75. The number of aromatic amines is 1. The van der Waals surface area contributed by atoms with Crippen molar-refractivity contribution >= 4 is 5.91 Å². The van der Waals surface area contributed by atoms with Gasteiger partial charge < -0.3 is 4.90 Å². The highest BCUT2D eigenvalue weighted by molar-refractivity contribution is 5.96. The van der Waals surface area contributed by atoms with Gasteiger partial charge in [-0.1, -0.05) is 0 Å². The minimum absolute atomic E-state index is 0.00825. The van der Waals surface area contributed by atoms with Crippen molar-refractivity contribution in [1.29, 1.82) is 5.26 Å². The third-order valence-corrected chi connectivity index (χ3v) is 3.90. The number of carbonyl (C=O) groups is 1. The van der Waals surface area contributed by atoms with E-state index in [4.69, 9.17) is 5.26 Å². The third-order valence-electron chi connectivity index (χ3n) is 3.90. The Morgan fingerprint density at radius 3 is 2.95 bits per heavy atom. The molecule has 0 saturated carbocycles. The summed E-state index contributed by atoms with van der Waals surface area (Å²) >= 11 is 0. The number of aryl methyl sites for hydroxylation is 2. The standard InChI is InChI=1S/C14H16N6O/c1-9-13(10(2)18-17-9)14(21)19-4-3-12(8-19)20-7-11(5-15)6-16-20/h6-7,12H,3-4,8H2,1-2H3,(H,17,18). The monoisotopic (exact) mass is 284 g/mol. The Morgan fingerprint density at radius 1 is 1.52 bits per heavy atom. The third kappa shape index (κ3) is 2.29. The van der Waals surface area contributed by atoms with Crippen molar-refractivity contribution in [3.8, 4) is 6.07 Å². The molecule has 108 valence electrons. The normalized spacial score (nSPS) is 18.0. The number of hydrogen-bond acceptors (Lipinski definition) is 4. The zero-order chi connectivity index (χ0) is 15.0. The molecule has 0 aliphatic carbocycles. The number of hydrogen-bond donors (Lipinski definition) is 1. The molecule has 1 aliphatic heterocycles. The van der Waals surface area contributed by atoms with Crippen LogP contribution in [0, 0.1) is 25.2 Å². The summed E-state index contributed by atoms with van der Waals surface area (Å²) in [6.07, 6.45) is 4.12. The highest BCUT2D eigenvalue weighted by Gasteiger charge is 2.30. The lowest BCUT2D eigenvalue weighted by Crippen LogP contribution is -2.30. The number of amides is 1.